The van der Waals surface area contributed by atoms with Crippen molar-refractivity contribution < 1.29 is 4.79 Å². The zero-order valence-electron chi connectivity index (χ0n) is 17.0. The lowest BCUT2D eigenvalue weighted by Crippen LogP contribution is -2.29. The number of H-pyrrole nitrogens is 2. The molecule has 5 nitrogen and oxygen atoms in total. The first kappa shape index (κ1) is 19.2. The third-order valence-corrected chi connectivity index (χ3v) is 5.70. The van der Waals surface area contributed by atoms with Crippen LogP contribution in [0.1, 0.15) is 56.2 Å². The highest BCUT2D eigenvalue weighted by molar-refractivity contribution is 5.94. The number of hydrogen-bond acceptors (Lipinski definition) is 3. The first-order chi connectivity index (χ1) is 13.0. The number of nitrogens with zero attached hydrogens (tertiary/aromatic N) is 1. The number of benzene rings is 1. The summed E-state index contributed by atoms with van der Waals surface area (Å²) in [6.45, 7) is 8.46. The van der Waals surface area contributed by atoms with Gasteiger partial charge in [0, 0.05) is 23.6 Å². The standard InChI is InChI=1S/C22H30N4O/c1-6-8-22(13-27,9-7-2)17-11-18-16(10-19(17)23-5)15(4)21(25-18)20-14(3)12-24-26-20/h10-13,23,25H,6-9H2,1-5H3,(H,24,26). The minimum absolute atomic E-state index is 0.445. The van der Waals surface area contributed by atoms with E-state index in [1.165, 1.54) is 10.9 Å². The van der Waals surface area contributed by atoms with Gasteiger partial charge in [-0.3, -0.25) is 5.10 Å². The van der Waals surface area contributed by atoms with Gasteiger partial charge in [-0.25, -0.2) is 0 Å². The van der Waals surface area contributed by atoms with Crippen molar-refractivity contribution in [2.24, 2.45) is 0 Å². The van der Waals surface area contributed by atoms with Crippen LogP contribution in [0.3, 0.4) is 0 Å². The summed E-state index contributed by atoms with van der Waals surface area (Å²) in [6.07, 6.45) is 6.67. The van der Waals surface area contributed by atoms with E-state index in [2.05, 4.69) is 53.4 Å². The first-order valence-electron chi connectivity index (χ1n) is 9.82. The van der Waals surface area contributed by atoms with E-state index in [0.717, 1.165) is 65.7 Å². The number of aromatic amines is 2. The SMILES string of the molecule is CCCC(C=O)(CCC)c1cc2[nH]c(-c3[nH]ncc3C)c(C)c2cc1NC. The minimum atomic E-state index is -0.445. The van der Waals surface area contributed by atoms with E-state index in [1.54, 1.807) is 0 Å². The van der Waals surface area contributed by atoms with Crippen molar-refractivity contribution in [2.75, 3.05) is 12.4 Å². The number of aldehydes is 1. The molecule has 0 spiro atoms. The van der Waals surface area contributed by atoms with Gasteiger partial charge in [-0.1, -0.05) is 26.7 Å². The number of rotatable bonds is 8. The zero-order valence-corrected chi connectivity index (χ0v) is 17.0. The molecule has 0 saturated carbocycles. The molecule has 1 aromatic carbocycles. The summed E-state index contributed by atoms with van der Waals surface area (Å²) >= 11 is 0. The van der Waals surface area contributed by atoms with Gasteiger partial charge in [-0.05, 0) is 55.5 Å². The van der Waals surface area contributed by atoms with Crippen molar-refractivity contribution in [3.05, 3.63) is 35.0 Å². The lowest BCUT2D eigenvalue weighted by atomic mass is 9.73. The topological polar surface area (TPSA) is 73.6 Å². The van der Waals surface area contributed by atoms with E-state index in [-0.39, 0.29) is 0 Å². The van der Waals surface area contributed by atoms with Crippen molar-refractivity contribution in [1.29, 1.82) is 0 Å². The second-order valence-electron chi connectivity index (χ2n) is 7.52. The predicted molar refractivity (Wildman–Crippen MR) is 112 cm³/mol. The summed E-state index contributed by atoms with van der Waals surface area (Å²) in [5.74, 6) is 0. The number of carbonyl (C=O) groups is 1. The number of anilines is 1. The molecule has 27 heavy (non-hydrogen) atoms. The van der Waals surface area contributed by atoms with E-state index in [9.17, 15) is 4.79 Å². The summed E-state index contributed by atoms with van der Waals surface area (Å²) in [7, 11) is 1.93. The van der Waals surface area contributed by atoms with Crippen molar-refractivity contribution in [3.63, 3.8) is 0 Å². The van der Waals surface area contributed by atoms with Gasteiger partial charge < -0.3 is 15.1 Å². The van der Waals surface area contributed by atoms with Crippen LogP contribution in [0.25, 0.3) is 22.3 Å². The maximum Gasteiger partial charge on any atom is 0.130 e. The predicted octanol–water partition coefficient (Wildman–Crippen LogP) is 5.25. The fourth-order valence-corrected chi connectivity index (χ4v) is 4.31. The summed E-state index contributed by atoms with van der Waals surface area (Å²) in [4.78, 5) is 15.8. The van der Waals surface area contributed by atoms with Crippen molar-refractivity contribution >= 4 is 22.9 Å². The molecule has 2 aromatic heterocycles. The Kier molecular flexibility index (Phi) is 5.40. The molecule has 0 unspecified atom stereocenters. The molecule has 144 valence electrons. The summed E-state index contributed by atoms with van der Waals surface area (Å²) < 4.78 is 0. The molecule has 2 heterocycles. The molecule has 5 heteroatoms. The van der Waals surface area contributed by atoms with Crippen LogP contribution >= 0.6 is 0 Å². The normalized spacial score (nSPS) is 11.9. The van der Waals surface area contributed by atoms with Gasteiger partial charge in [-0.15, -0.1) is 0 Å². The summed E-state index contributed by atoms with van der Waals surface area (Å²) in [6, 6.07) is 4.35. The fraction of sp³-hybridized carbons (Fsp3) is 0.455. The Balaban J connectivity index is 2.25. The Bertz CT molecular complexity index is 945. The zero-order chi connectivity index (χ0) is 19.6. The van der Waals surface area contributed by atoms with Crippen LogP contribution in [-0.2, 0) is 10.2 Å². The number of aromatic nitrogens is 3. The molecule has 3 N–H and O–H groups in total. The van der Waals surface area contributed by atoms with E-state index in [1.807, 2.05) is 20.2 Å². The van der Waals surface area contributed by atoms with Gasteiger partial charge in [0.05, 0.1) is 23.0 Å². The largest absolute Gasteiger partial charge is 0.388 e. The molecule has 0 aliphatic rings. The molecular formula is C22H30N4O. The first-order valence-corrected chi connectivity index (χ1v) is 9.82. The molecule has 3 rings (SSSR count). The molecule has 0 atom stereocenters. The minimum Gasteiger partial charge on any atom is -0.388 e. The van der Waals surface area contributed by atoms with Gasteiger partial charge in [0.2, 0.25) is 0 Å². The molecule has 0 bridgehead atoms. The highest BCUT2D eigenvalue weighted by Gasteiger charge is 2.33. The number of nitrogens with one attached hydrogen (secondary N) is 3. The Labute approximate surface area is 161 Å². The highest BCUT2D eigenvalue weighted by atomic mass is 16.1. The molecule has 0 aliphatic carbocycles. The van der Waals surface area contributed by atoms with E-state index >= 15 is 0 Å². The van der Waals surface area contributed by atoms with Crippen molar-refractivity contribution in [1.82, 2.24) is 15.2 Å². The van der Waals surface area contributed by atoms with Crippen molar-refractivity contribution in [2.45, 2.75) is 58.8 Å². The Morgan fingerprint density at radius 1 is 1.15 bits per heavy atom. The number of hydrogen-bond donors (Lipinski definition) is 3. The maximum absolute atomic E-state index is 12.3. The Morgan fingerprint density at radius 2 is 1.85 bits per heavy atom. The summed E-state index contributed by atoms with van der Waals surface area (Å²) in [5, 5.41) is 11.8. The average Bonchev–Trinajstić information content (AvgIpc) is 3.23. The molecule has 0 saturated heterocycles. The number of aryl methyl sites for hydroxylation is 2. The van der Waals surface area contributed by atoms with Crippen LogP contribution in [0.4, 0.5) is 5.69 Å². The van der Waals surface area contributed by atoms with Gasteiger partial charge >= 0.3 is 0 Å². The van der Waals surface area contributed by atoms with Gasteiger partial charge in [-0.2, -0.15) is 5.10 Å². The molecule has 0 radical (unpaired) electrons. The molecular weight excluding hydrogens is 336 g/mol. The highest BCUT2D eigenvalue weighted by Crippen LogP contribution is 2.41. The van der Waals surface area contributed by atoms with Crippen LogP contribution in [0, 0.1) is 13.8 Å². The second kappa shape index (κ2) is 7.59. The van der Waals surface area contributed by atoms with Crippen LogP contribution < -0.4 is 5.32 Å². The molecule has 3 aromatic rings. The third kappa shape index (κ3) is 3.15. The van der Waals surface area contributed by atoms with E-state index < -0.39 is 5.41 Å². The molecule has 0 amide bonds. The third-order valence-electron chi connectivity index (χ3n) is 5.70. The lowest BCUT2D eigenvalue weighted by Gasteiger charge is -2.30. The monoisotopic (exact) mass is 366 g/mol. The smallest absolute Gasteiger partial charge is 0.130 e. The van der Waals surface area contributed by atoms with Gasteiger partial charge in [0.15, 0.2) is 0 Å². The van der Waals surface area contributed by atoms with Crippen LogP contribution in [0.5, 0.6) is 0 Å². The Hall–Kier alpha value is -2.56. The summed E-state index contributed by atoms with van der Waals surface area (Å²) in [5.41, 5.74) is 7.10. The van der Waals surface area contributed by atoms with Crippen molar-refractivity contribution in [3.8, 4) is 11.4 Å². The number of fused-ring (bicyclic) bond motifs is 1. The fourth-order valence-electron chi connectivity index (χ4n) is 4.31. The average molecular weight is 367 g/mol. The van der Waals surface area contributed by atoms with Crippen LogP contribution in [0.15, 0.2) is 18.3 Å². The second-order valence-corrected chi connectivity index (χ2v) is 7.52. The maximum atomic E-state index is 12.3. The molecule has 0 aliphatic heterocycles. The van der Waals surface area contributed by atoms with E-state index in [0.29, 0.717) is 0 Å². The lowest BCUT2D eigenvalue weighted by molar-refractivity contribution is -0.113. The Morgan fingerprint density at radius 3 is 2.37 bits per heavy atom. The van der Waals surface area contributed by atoms with Gasteiger partial charge in [0.25, 0.3) is 0 Å². The van der Waals surface area contributed by atoms with Gasteiger partial charge in [0.1, 0.15) is 6.29 Å². The van der Waals surface area contributed by atoms with E-state index in [4.69, 9.17) is 0 Å². The number of carbonyl (C=O) groups excluding carboxylic acids is 1. The quantitative estimate of drug-likeness (QED) is 0.476. The van der Waals surface area contributed by atoms with Crippen LogP contribution in [0.2, 0.25) is 0 Å². The molecule has 0 fully saturated rings. The van der Waals surface area contributed by atoms with Crippen LogP contribution in [-0.4, -0.2) is 28.5 Å².